The highest BCUT2D eigenvalue weighted by Crippen LogP contribution is 2.30. The average Bonchev–Trinajstić information content (AvgIpc) is 2.94. The lowest BCUT2D eigenvalue weighted by Crippen LogP contribution is -1.98. The van der Waals surface area contributed by atoms with Crippen LogP contribution in [0.3, 0.4) is 0 Å². The van der Waals surface area contributed by atoms with Crippen LogP contribution in [0, 0.1) is 0 Å². The molecule has 0 saturated heterocycles. The fourth-order valence-electron chi connectivity index (χ4n) is 1.41. The van der Waals surface area contributed by atoms with E-state index in [1.807, 2.05) is 11.3 Å². The van der Waals surface area contributed by atoms with Gasteiger partial charge in [0.2, 0.25) is 0 Å². The molecule has 0 unspecified atom stereocenters. The normalized spacial score (nSPS) is 10.6. The van der Waals surface area contributed by atoms with E-state index in [9.17, 15) is 0 Å². The summed E-state index contributed by atoms with van der Waals surface area (Å²) in [6.45, 7) is 5.34. The number of aryl methyl sites for hydroxylation is 1. The molecule has 0 atom stereocenters. The molecule has 0 saturated carbocycles. The van der Waals surface area contributed by atoms with Gasteiger partial charge in [0, 0.05) is 16.8 Å². The Morgan fingerprint density at radius 3 is 2.88 bits per heavy atom. The van der Waals surface area contributed by atoms with Gasteiger partial charge in [-0.2, -0.15) is 0 Å². The van der Waals surface area contributed by atoms with Crippen molar-refractivity contribution < 1.29 is 0 Å². The largest absolute Gasteiger partial charge is 0.362 e. The van der Waals surface area contributed by atoms with E-state index in [2.05, 4.69) is 41.7 Å². The van der Waals surface area contributed by atoms with Gasteiger partial charge in [-0.05, 0) is 25.0 Å². The zero-order chi connectivity index (χ0) is 11.4. The number of anilines is 1. The summed E-state index contributed by atoms with van der Waals surface area (Å²) in [7, 11) is 0. The molecule has 0 bridgehead atoms. The lowest BCUT2D eigenvalue weighted by Gasteiger charge is -1.96. The number of hydrogen-bond donors (Lipinski definition) is 1. The van der Waals surface area contributed by atoms with Gasteiger partial charge >= 0.3 is 0 Å². The molecule has 0 aliphatic heterocycles. The number of rotatable bonds is 5. The first-order valence-corrected chi connectivity index (χ1v) is 7.31. The predicted octanol–water partition coefficient (Wildman–Crippen LogP) is 4.26. The fraction of sp³-hybridized carbons (Fsp3) is 0.417. The Morgan fingerprint density at radius 2 is 2.19 bits per heavy atom. The number of aromatic nitrogens is 1. The second-order valence-corrected chi connectivity index (χ2v) is 5.61. The average molecular weight is 252 g/mol. The first kappa shape index (κ1) is 11.6. The van der Waals surface area contributed by atoms with Crippen molar-refractivity contribution in [3.63, 3.8) is 0 Å². The third kappa shape index (κ3) is 2.62. The first-order chi connectivity index (χ1) is 7.83. The van der Waals surface area contributed by atoms with Crippen LogP contribution >= 0.6 is 22.7 Å². The van der Waals surface area contributed by atoms with Crippen molar-refractivity contribution in [1.29, 1.82) is 0 Å². The summed E-state index contributed by atoms with van der Waals surface area (Å²) < 4.78 is 0. The van der Waals surface area contributed by atoms with E-state index in [1.165, 1.54) is 9.75 Å². The maximum Gasteiger partial charge on any atom is 0.183 e. The monoisotopic (exact) mass is 252 g/mol. The minimum atomic E-state index is 0.998. The number of hydrogen-bond acceptors (Lipinski definition) is 4. The van der Waals surface area contributed by atoms with Crippen LogP contribution in [0.25, 0.3) is 10.6 Å². The molecular weight excluding hydrogens is 236 g/mol. The van der Waals surface area contributed by atoms with E-state index < -0.39 is 0 Å². The molecule has 1 N–H and O–H groups in total. The van der Waals surface area contributed by atoms with E-state index in [-0.39, 0.29) is 0 Å². The van der Waals surface area contributed by atoms with Crippen LogP contribution in [-0.2, 0) is 6.42 Å². The van der Waals surface area contributed by atoms with Crippen LogP contribution in [0.4, 0.5) is 5.13 Å². The van der Waals surface area contributed by atoms with Crippen molar-refractivity contribution in [2.24, 2.45) is 0 Å². The Kier molecular flexibility index (Phi) is 3.96. The van der Waals surface area contributed by atoms with Crippen LogP contribution < -0.4 is 5.32 Å². The van der Waals surface area contributed by atoms with Crippen LogP contribution in [0.5, 0.6) is 0 Å². The smallest absolute Gasteiger partial charge is 0.183 e. The van der Waals surface area contributed by atoms with Crippen LogP contribution in [0.2, 0.25) is 0 Å². The maximum absolute atomic E-state index is 4.58. The lowest BCUT2D eigenvalue weighted by molar-refractivity contribution is 0.976. The minimum absolute atomic E-state index is 0.998. The van der Waals surface area contributed by atoms with Gasteiger partial charge in [-0.1, -0.05) is 13.8 Å². The zero-order valence-electron chi connectivity index (χ0n) is 9.62. The van der Waals surface area contributed by atoms with Gasteiger partial charge in [-0.3, -0.25) is 0 Å². The zero-order valence-corrected chi connectivity index (χ0v) is 11.3. The number of thiophene rings is 1. The molecule has 0 spiro atoms. The Morgan fingerprint density at radius 1 is 1.31 bits per heavy atom. The summed E-state index contributed by atoms with van der Waals surface area (Å²) in [5, 5.41) is 6.48. The van der Waals surface area contributed by atoms with E-state index >= 15 is 0 Å². The third-order valence-corrected chi connectivity index (χ3v) is 4.35. The maximum atomic E-state index is 4.58. The Balaban J connectivity index is 2.11. The summed E-state index contributed by atoms with van der Waals surface area (Å²) >= 11 is 3.53. The number of nitrogens with zero attached hydrogens (tertiary/aromatic N) is 1. The molecule has 0 aliphatic carbocycles. The molecule has 0 fully saturated rings. The lowest BCUT2D eigenvalue weighted by atomic mass is 10.3. The van der Waals surface area contributed by atoms with Crippen LogP contribution in [-0.4, -0.2) is 11.5 Å². The highest BCUT2D eigenvalue weighted by Gasteiger charge is 2.06. The van der Waals surface area contributed by atoms with Gasteiger partial charge in [0.1, 0.15) is 0 Å². The van der Waals surface area contributed by atoms with E-state index in [0.29, 0.717) is 0 Å². The fourth-order valence-corrected chi connectivity index (χ4v) is 3.13. The molecule has 2 nitrogen and oxygen atoms in total. The molecule has 0 aliphatic rings. The SMILES string of the molecule is CCCNc1nc(-c2ccc(CC)s2)cs1. The summed E-state index contributed by atoms with van der Waals surface area (Å²) in [4.78, 5) is 7.28. The van der Waals surface area contributed by atoms with Gasteiger partial charge in [-0.15, -0.1) is 22.7 Å². The predicted molar refractivity (Wildman–Crippen MR) is 73.6 cm³/mol. The topological polar surface area (TPSA) is 24.9 Å². The Bertz CT molecular complexity index is 445. The van der Waals surface area contributed by atoms with Gasteiger partial charge in [0.15, 0.2) is 5.13 Å². The summed E-state index contributed by atoms with van der Waals surface area (Å²) in [6, 6.07) is 4.36. The van der Waals surface area contributed by atoms with E-state index in [4.69, 9.17) is 0 Å². The van der Waals surface area contributed by atoms with Crippen molar-refractivity contribution in [1.82, 2.24) is 4.98 Å². The molecule has 2 heterocycles. The first-order valence-electron chi connectivity index (χ1n) is 5.62. The van der Waals surface area contributed by atoms with Crippen LogP contribution in [0.1, 0.15) is 25.1 Å². The van der Waals surface area contributed by atoms with E-state index in [1.54, 1.807) is 11.3 Å². The van der Waals surface area contributed by atoms with Crippen molar-refractivity contribution in [3.05, 3.63) is 22.4 Å². The Hall–Kier alpha value is -0.870. The highest BCUT2D eigenvalue weighted by atomic mass is 32.1. The molecular formula is C12H16N2S2. The van der Waals surface area contributed by atoms with Crippen molar-refractivity contribution in [2.45, 2.75) is 26.7 Å². The molecule has 2 aromatic rings. The van der Waals surface area contributed by atoms with E-state index in [0.717, 1.165) is 30.2 Å². The summed E-state index contributed by atoms with van der Waals surface area (Å²) in [6.07, 6.45) is 2.24. The van der Waals surface area contributed by atoms with Gasteiger partial charge < -0.3 is 5.32 Å². The molecule has 0 radical (unpaired) electrons. The van der Waals surface area contributed by atoms with Crippen molar-refractivity contribution in [2.75, 3.05) is 11.9 Å². The molecule has 16 heavy (non-hydrogen) atoms. The molecule has 2 aromatic heterocycles. The minimum Gasteiger partial charge on any atom is -0.362 e. The van der Waals surface area contributed by atoms with Gasteiger partial charge in [0.05, 0.1) is 10.6 Å². The molecule has 2 rings (SSSR count). The standard InChI is InChI=1S/C12H16N2S2/c1-3-7-13-12-14-10(8-15-12)11-6-5-9(4-2)16-11/h5-6,8H,3-4,7H2,1-2H3,(H,13,14). The highest BCUT2D eigenvalue weighted by molar-refractivity contribution is 7.17. The number of thiazole rings is 1. The van der Waals surface area contributed by atoms with Crippen molar-refractivity contribution >= 4 is 27.8 Å². The van der Waals surface area contributed by atoms with Gasteiger partial charge in [-0.25, -0.2) is 4.98 Å². The molecule has 0 aromatic carbocycles. The second kappa shape index (κ2) is 5.46. The number of nitrogens with one attached hydrogen (secondary N) is 1. The summed E-state index contributed by atoms with van der Waals surface area (Å²) in [5.74, 6) is 0. The second-order valence-electron chi connectivity index (χ2n) is 3.58. The van der Waals surface area contributed by atoms with Crippen molar-refractivity contribution in [3.8, 4) is 10.6 Å². The summed E-state index contributed by atoms with van der Waals surface area (Å²) in [5.41, 5.74) is 1.10. The van der Waals surface area contributed by atoms with Crippen LogP contribution in [0.15, 0.2) is 17.5 Å². The third-order valence-electron chi connectivity index (χ3n) is 2.29. The molecule has 4 heteroatoms. The quantitative estimate of drug-likeness (QED) is 0.860. The van der Waals surface area contributed by atoms with Gasteiger partial charge in [0.25, 0.3) is 0 Å². The molecule has 0 amide bonds. The molecule has 86 valence electrons. The Labute approximate surface area is 104 Å².